The summed E-state index contributed by atoms with van der Waals surface area (Å²) < 4.78 is 26.8. The highest BCUT2D eigenvalue weighted by Gasteiger charge is 2.36. The molecule has 3 aliphatic heterocycles. The second-order valence-electron chi connectivity index (χ2n) is 6.18. The molecular weight excluding hydrogens is 262 g/mol. The van der Waals surface area contributed by atoms with E-state index in [9.17, 15) is 8.42 Å². The minimum Gasteiger partial charge on any atom is -0.316 e. The minimum atomic E-state index is -3.05. The summed E-state index contributed by atoms with van der Waals surface area (Å²) in [5.74, 6) is 0.646. The highest BCUT2D eigenvalue weighted by atomic mass is 32.2. The molecule has 3 aliphatic rings. The van der Waals surface area contributed by atoms with Crippen molar-refractivity contribution in [3.8, 4) is 0 Å². The van der Waals surface area contributed by atoms with Crippen LogP contribution in [0.1, 0.15) is 25.7 Å². The van der Waals surface area contributed by atoms with Crippen LogP contribution in [0.3, 0.4) is 0 Å². The monoisotopic (exact) mass is 287 g/mol. The van der Waals surface area contributed by atoms with E-state index in [0.29, 0.717) is 24.3 Å². The van der Waals surface area contributed by atoms with Crippen molar-refractivity contribution in [1.82, 2.24) is 14.5 Å². The number of nitrogens with zero attached hydrogens (tertiary/aromatic N) is 2. The van der Waals surface area contributed by atoms with Gasteiger partial charge in [0, 0.05) is 25.7 Å². The maximum atomic E-state index is 12.5. The summed E-state index contributed by atoms with van der Waals surface area (Å²) in [4.78, 5) is 2.45. The number of sulfonamides is 1. The van der Waals surface area contributed by atoms with Gasteiger partial charge in [0.05, 0.1) is 5.75 Å². The molecule has 0 amide bonds. The fourth-order valence-electron chi connectivity index (χ4n) is 3.68. The first-order valence-corrected chi connectivity index (χ1v) is 9.19. The van der Waals surface area contributed by atoms with E-state index >= 15 is 0 Å². The molecule has 0 aliphatic carbocycles. The van der Waals surface area contributed by atoms with Crippen molar-refractivity contribution < 1.29 is 8.42 Å². The van der Waals surface area contributed by atoms with Crippen molar-refractivity contribution in [2.75, 3.05) is 45.0 Å². The Kier molecular flexibility index (Phi) is 4.12. The fraction of sp³-hybridized carbons (Fsp3) is 1.00. The van der Waals surface area contributed by atoms with Crippen molar-refractivity contribution in [2.24, 2.45) is 5.92 Å². The van der Waals surface area contributed by atoms with Gasteiger partial charge in [-0.2, -0.15) is 4.31 Å². The van der Waals surface area contributed by atoms with E-state index in [0.717, 1.165) is 52.0 Å². The molecule has 3 fully saturated rings. The highest BCUT2D eigenvalue weighted by Crippen LogP contribution is 2.24. The smallest absolute Gasteiger partial charge is 0.214 e. The van der Waals surface area contributed by atoms with Crippen LogP contribution in [0.2, 0.25) is 0 Å². The topological polar surface area (TPSA) is 52.7 Å². The Balaban J connectivity index is 1.60. The summed E-state index contributed by atoms with van der Waals surface area (Å²) in [6.45, 7) is 5.40. The Morgan fingerprint density at radius 1 is 1.11 bits per heavy atom. The van der Waals surface area contributed by atoms with Crippen LogP contribution in [0.5, 0.6) is 0 Å². The molecule has 110 valence electrons. The molecule has 19 heavy (non-hydrogen) atoms. The number of fused-ring (bicyclic) bond motifs is 1. The molecule has 0 aromatic heterocycles. The van der Waals surface area contributed by atoms with Gasteiger partial charge in [-0.3, -0.25) is 4.90 Å². The predicted octanol–water partition coefficient (Wildman–Crippen LogP) is 0.0958. The van der Waals surface area contributed by atoms with E-state index in [1.54, 1.807) is 4.31 Å². The Morgan fingerprint density at radius 3 is 2.79 bits per heavy atom. The van der Waals surface area contributed by atoms with Gasteiger partial charge in [-0.25, -0.2) is 8.42 Å². The summed E-state index contributed by atoms with van der Waals surface area (Å²) in [6.07, 6.45) is 4.55. The number of rotatable bonds is 3. The molecule has 2 unspecified atom stereocenters. The molecule has 6 heteroatoms. The van der Waals surface area contributed by atoms with Gasteiger partial charge in [0.1, 0.15) is 0 Å². The predicted molar refractivity (Wildman–Crippen MR) is 75.5 cm³/mol. The first-order valence-electron chi connectivity index (χ1n) is 7.58. The van der Waals surface area contributed by atoms with Gasteiger partial charge in [0.15, 0.2) is 0 Å². The first-order chi connectivity index (χ1) is 9.15. The van der Waals surface area contributed by atoms with Crippen molar-refractivity contribution >= 4 is 10.0 Å². The molecule has 3 rings (SSSR count). The summed E-state index contributed by atoms with van der Waals surface area (Å²) >= 11 is 0. The average Bonchev–Trinajstić information content (AvgIpc) is 2.86. The van der Waals surface area contributed by atoms with Gasteiger partial charge in [-0.05, 0) is 51.2 Å². The van der Waals surface area contributed by atoms with Crippen LogP contribution in [-0.2, 0) is 10.0 Å². The standard InChI is InChI=1S/C13H25N3O2S/c17-19(18,11-12-3-1-5-14-9-12)16-8-7-15-6-2-4-13(15)10-16/h12-14H,1-11H2. The van der Waals surface area contributed by atoms with Gasteiger partial charge in [0.2, 0.25) is 10.0 Å². The van der Waals surface area contributed by atoms with E-state index in [-0.39, 0.29) is 0 Å². The summed E-state index contributed by atoms with van der Waals surface area (Å²) in [6, 6.07) is 0.480. The van der Waals surface area contributed by atoms with Gasteiger partial charge >= 0.3 is 0 Å². The van der Waals surface area contributed by atoms with E-state index in [1.807, 2.05) is 0 Å². The number of hydrogen-bond donors (Lipinski definition) is 1. The third kappa shape index (κ3) is 3.12. The zero-order chi connectivity index (χ0) is 13.3. The third-order valence-corrected chi connectivity index (χ3v) is 6.80. The van der Waals surface area contributed by atoms with Crippen molar-refractivity contribution in [3.05, 3.63) is 0 Å². The summed E-state index contributed by atoms with van der Waals surface area (Å²) in [5, 5.41) is 3.31. The SMILES string of the molecule is O=S(=O)(CC1CCCNC1)N1CCN2CCCC2C1. The second-order valence-corrected chi connectivity index (χ2v) is 8.19. The van der Waals surface area contributed by atoms with Gasteiger partial charge in [0.25, 0.3) is 0 Å². The minimum absolute atomic E-state index is 0.306. The van der Waals surface area contributed by atoms with E-state index in [4.69, 9.17) is 0 Å². The van der Waals surface area contributed by atoms with Crippen LogP contribution in [-0.4, -0.2) is 68.7 Å². The fourth-order valence-corrected chi connectivity index (χ4v) is 5.53. The van der Waals surface area contributed by atoms with Gasteiger partial charge < -0.3 is 5.32 Å². The third-order valence-electron chi connectivity index (χ3n) is 4.79. The Bertz CT molecular complexity index is 406. The number of piperidine rings is 1. The molecule has 0 aromatic rings. The van der Waals surface area contributed by atoms with Crippen molar-refractivity contribution in [3.63, 3.8) is 0 Å². The van der Waals surface area contributed by atoms with Crippen LogP contribution >= 0.6 is 0 Å². The number of nitrogens with one attached hydrogen (secondary N) is 1. The van der Waals surface area contributed by atoms with Crippen LogP contribution < -0.4 is 5.32 Å². The average molecular weight is 287 g/mol. The van der Waals surface area contributed by atoms with Gasteiger partial charge in [-0.15, -0.1) is 0 Å². The molecule has 0 saturated carbocycles. The van der Waals surface area contributed by atoms with Crippen LogP contribution in [0.15, 0.2) is 0 Å². The lowest BCUT2D eigenvalue weighted by molar-refractivity contribution is 0.157. The molecule has 0 bridgehead atoms. The molecule has 5 nitrogen and oxygen atoms in total. The molecule has 0 aromatic carbocycles. The van der Waals surface area contributed by atoms with E-state index in [1.165, 1.54) is 6.42 Å². The molecular formula is C13H25N3O2S. The normalized spacial score (nSPS) is 34.3. The van der Waals surface area contributed by atoms with Crippen LogP contribution in [0, 0.1) is 5.92 Å². The number of piperazine rings is 1. The lowest BCUT2D eigenvalue weighted by Gasteiger charge is -2.37. The largest absolute Gasteiger partial charge is 0.316 e. The zero-order valence-corrected chi connectivity index (χ0v) is 12.4. The number of hydrogen-bond acceptors (Lipinski definition) is 4. The van der Waals surface area contributed by atoms with E-state index in [2.05, 4.69) is 10.2 Å². The highest BCUT2D eigenvalue weighted by molar-refractivity contribution is 7.89. The first kappa shape index (κ1) is 13.8. The van der Waals surface area contributed by atoms with E-state index < -0.39 is 10.0 Å². The molecule has 3 heterocycles. The zero-order valence-electron chi connectivity index (χ0n) is 11.6. The van der Waals surface area contributed by atoms with Crippen LogP contribution in [0.4, 0.5) is 0 Å². The molecule has 2 atom stereocenters. The molecule has 1 N–H and O–H groups in total. The van der Waals surface area contributed by atoms with Crippen LogP contribution in [0.25, 0.3) is 0 Å². The molecule has 0 radical (unpaired) electrons. The summed E-state index contributed by atoms with van der Waals surface area (Å²) in [5.41, 5.74) is 0. The second kappa shape index (κ2) is 5.68. The van der Waals surface area contributed by atoms with Crippen molar-refractivity contribution in [1.29, 1.82) is 0 Å². The van der Waals surface area contributed by atoms with Gasteiger partial charge in [-0.1, -0.05) is 0 Å². The lowest BCUT2D eigenvalue weighted by atomic mass is 10.0. The Morgan fingerprint density at radius 2 is 2.00 bits per heavy atom. The lowest BCUT2D eigenvalue weighted by Crippen LogP contribution is -2.53. The maximum absolute atomic E-state index is 12.5. The Labute approximate surface area is 116 Å². The summed E-state index contributed by atoms with van der Waals surface area (Å²) in [7, 11) is -3.05. The maximum Gasteiger partial charge on any atom is 0.214 e. The molecule has 0 spiro atoms. The quantitative estimate of drug-likeness (QED) is 0.800. The molecule has 3 saturated heterocycles. The van der Waals surface area contributed by atoms with Crippen molar-refractivity contribution in [2.45, 2.75) is 31.7 Å². The Hall–Kier alpha value is -0.170.